The molecule has 0 fully saturated rings. The number of carbonyl (C=O) groups is 1. The zero-order chi connectivity index (χ0) is 20.5. The van der Waals surface area contributed by atoms with Gasteiger partial charge >= 0.3 is 6.18 Å². The van der Waals surface area contributed by atoms with Crippen molar-refractivity contribution in [3.05, 3.63) is 57.9 Å². The van der Waals surface area contributed by atoms with Gasteiger partial charge < -0.3 is 5.32 Å². The third kappa shape index (κ3) is 2.59. The molecule has 7 heteroatoms. The fraction of sp³-hybridized carbons (Fsp3) is 0.429. The number of nitrogens with zero attached hydrogens (tertiary/aromatic N) is 1. The molecule has 2 aliphatic rings. The molecule has 28 heavy (non-hydrogen) atoms. The van der Waals surface area contributed by atoms with Crippen LogP contribution in [0.1, 0.15) is 56.0 Å². The van der Waals surface area contributed by atoms with Gasteiger partial charge in [-0.25, -0.2) is 0 Å². The summed E-state index contributed by atoms with van der Waals surface area (Å²) in [6, 6.07) is 5.52. The van der Waals surface area contributed by atoms with E-state index in [0.717, 1.165) is 6.07 Å². The quantitative estimate of drug-likeness (QED) is 0.712. The molecule has 1 aromatic carbocycles. The summed E-state index contributed by atoms with van der Waals surface area (Å²) in [5, 5.41) is 10.4. The average molecular weight is 389 g/mol. The summed E-state index contributed by atoms with van der Waals surface area (Å²) in [6.45, 7) is 7.46. The average Bonchev–Trinajstić information content (AvgIpc) is 2.94. The molecule has 1 aliphatic carbocycles. The number of Topliss-reactive ketones (excluding diaryl/α,β-unsaturated/α-hetero) is 1. The van der Waals surface area contributed by atoms with E-state index in [1.54, 1.807) is 19.9 Å². The van der Waals surface area contributed by atoms with Gasteiger partial charge in [-0.05, 0) is 37.3 Å². The monoisotopic (exact) mass is 389 g/mol. The number of ketones is 1. The molecule has 1 atom stereocenters. The summed E-state index contributed by atoms with van der Waals surface area (Å²) in [4.78, 5) is 13.2. The van der Waals surface area contributed by atoms with E-state index in [-0.39, 0.29) is 16.8 Å². The normalized spacial score (nSPS) is 23.9. The topological polar surface area (TPSA) is 57.8 Å². The van der Waals surface area contributed by atoms with E-state index < -0.39 is 17.2 Å². The first-order valence-electron chi connectivity index (χ1n) is 9.21. The third-order valence-electron chi connectivity index (χ3n) is 5.86. The Hall–Kier alpha value is -2.57. The van der Waals surface area contributed by atoms with Crippen LogP contribution in [0.5, 0.6) is 0 Å². The number of aryl methyl sites for hydroxylation is 1. The largest absolute Gasteiger partial charge is 0.416 e. The van der Waals surface area contributed by atoms with E-state index in [4.69, 9.17) is 0 Å². The minimum atomic E-state index is -4.53. The fourth-order valence-electron chi connectivity index (χ4n) is 4.84. The summed E-state index contributed by atoms with van der Waals surface area (Å²) in [7, 11) is 0. The van der Waals surface area contributed by atoms with E-state index in [1.165, 1.54) is 12.1 Å². The van der Waals surface area contributed by atoms with Gasteiger partial charge in [-0.15, -0.1) is 0 Å². The van der Waals surface area contributed by atoms with Crippen molar-refractivity contribution in [2.24, 2.45) is 5.41 Å². The highest BCUT2D eigenvalue weighted by Crippen LogP contribution is 2.54. The zero-order valence-electron chi connectivity index (χ0n) is 16.2. The molecule has 1 aliphatic heterocycles. The summed E-state index contributed by atoms with van der Waals surface area (Å²) in [5.74, 6) is 0.366. The number of aromatic amines is 1. The van der Waals surface area contributed by atoms with Crippen molar-refractivity contribution in [3.8, 4) is 0 Å². The molecule has 0 saturated carbocycles. The lowest BCUT2D eigenvalue weighted by Gasteiger charge is -2.44. The smallest absolute Gasteiger partial charge is 0.342 e. The minimum Gasteiger partial charge on any atom is -0.342 e. The van der Waals surface area contributed by atoms with Crippen molar-refractivity contribution in [3.63, 3.8) is 0 Å². The molecule has 0 spiro atoms. The lowest BCUT2D eigenvalue weighted by molar-refractivity contribution is -0.138. The van der Waals surface area contributed by atoms with E-state index in [0.29, 0.717) is 41.2 Å². The molecule has 4 rings (SSSR count). The predicted octanol–water partition coefficient (Wildman–Crippen LogP) is 5.11. The van der Waals surface area contributed by atoms with Gasteiger partial charge in [0.25, 0.3) is 0 Å². The van der Waals surface area contributed by atoms with Crippen molar-refractivity contribution >= 4 is 11.6 Å². The second kappa shape index (κ2) is 5.72. The number of allylic oxidation sites excluding steroid dienone is 2. The van der Waals surface area contributed by atoms with Crippen LogP contribution in [-0.2, 0) is 16.4 Å². The number of hydrogen-bond donors (Lipinski definition) is 2. The number of benzene rings is 1. The highest BCUT2D eigenvalue weighted by Gasteiger charge is 2.51. The van der Waals surface area contributed by atoms with Crippen LogP contribution in [0.3, 0.4) is 0 Å². The SMILES string of the molecule is Cc1[nH]nc2c1C(C)(c1ccccc1C(F)(F)F)C1=C(CC(C)(C)CC1=O)N2. The van der Waals surface area contributed by atoms with Gasteiger partial charge in [-0.1, -0.05) is 32.0 Å². The van der Waals surface area contributed by atoms with E-state index in [9.17, 15) is 18.0 Å². The van der Waals surface area contributed by atoms with Gasteiger partial charge in [0.05, 0.1) is 11.0 Å². The summed E-state index contributed by atoms with van der Waals surface area (Å²) in [5.41, 5.74) is 0.163. The number of rotatable bonds is 1. The maximum absolute atomic E-state index is 13.9. The highest BCUT2D eigenvalue weighted by molar-refractivity contribution is 6.03. The first kappa shape index (κ1) is 18.8. The Morgan fingerprint density at radius 3 is 2.46 bits per heavy atom. The molecular weight excluding hydrogens is 367 g/mol. The van der Waals surface area contributed by atoms with Crippen LogP contribution in [-0.4, -0.2) is 16.0 Å². The van der Waals surface area contributed by atoms with Crippen LogP contribution in [0.25, 0.3) is 0 Å². The van der Waals surface area contributed by atoms with Gasteiger partial charge in [0.1, 0.15) is 0 Å². The molecule has 0 amide bonds. The molecule has 2 aromatic rings. The number of hydrogen-bond acceptors (Lipinski definition) is 3. The zero-order valence-corrected chi connectivity index (χ0v) is 16.2. The number of anilines is 1. The summed E-state index contributed by atoms with van der Waals surface area (Å²) < 4.78 is 41.6. The molecule has 1 aromatic heterocycles. The van der Waals surface area contributed by atoms with E-state index in [1.807, 2.05) is 13.8 Å². The van der Waals surface area contributed by atoms with E-state index in [2.05, 4.69) is 15.5 Å². The Morgan fingerprint density at radius 1 is 1.11 bits per heavy atom. The van der Waals surface area contributed by atoms with Crippen LogP contribution >= 0.6 is 0 Å². The number of halogens is 3. The number of H-pyrrole nitrogens is 1. The van der Waals surface area contributed by atoms with Crippen molar-refractivity contribution < 1.29 is 18.0 Å². The van der Waals surface area contributed by atoms with Crippen LogP contribution in [0, 0.1) is 12.3 Å². The minimum absolute atomic E-state index is 0.0790. The molecule has 1 unspecified atom stereocenters. The van der Waals surface area contributed by atoms with E-state index >= 15 is 0 Å². The van der Waals surface area contributed by atoms with Gasteiger partial charge in [-0.2, -0.15) is 18.3 Å². The third-order valence-corrected chi connectivity index (χ3v) is 5.86. The first-order chi connectivity index (χ1) is 12.9. The summed E-state index contributed by atoms with van der Waals surface area (Å²) in [6.07, 6.45) is -3.66. The van der Waals surface area contributed by atoms with Crippen LogP contribution in [0.2, 0.25) is 0 Å². The lowest BCUT2D eigenvalue weighted by Crippen LogP contribution is -2.43. The van der Waals surface area contributed by atoms with Crippen molar-refractivity contribution in [2.45, 2.75) is 52.1 Å². The Kier molecular flexibility index (Phi) is 3.83. The molecule has 0 bridgehead atoms. The van der Waals surface area contributed by atoms with Crippen molar-refractivity contribution in [2.75, 3.05) is 5.32 Å². The fourth-order valence-corrected chi connectivity index (χ4v) is 4.84. The maximum atomic E-state index is 13.9. The molecule has 0 saturated heterocycles. The maximum Gasteiger partial charge on any atom is 0.416 e. The van der Waals surface area contributed by atoms with Gasteiger partial charge in [0.2, 0.25) is 0 Å². The molecular formula is C21H22F3N3O. The number of carbonyl (C=O) groups excluding carboxylic acids is 1. The Morgan fingerprint density at radius 2 is 1.79 bits per heavy atom. The lowest BCUT2D eigenvalue weighted by atomic mass is 9.61. The molecule has 2 N–H and O–H groups in total. The first-order valence-corrected chi connectivity index (χ1v) is 9.21. The Balaban J connectivity index is 2.07. The molecule has 4 nitrogen and oxygen atoms in total. The standard InChI is InChI=1S/C21H22F3N3O/c1-11-16-18(27-26-11)25-14-9-19(2,3)10-15(28)17(14)20(16,4)12-7-5-6-8-13(12)21(22,23)24/h5-8H,9-10H2,1-4H3,(H2,25,26,27). The van der Waals surface area contributed by atoms with Gasteiger partial charge in [-0.3, -0.25) is 9.89 Å². The number of fused-ring (bicyclic) bond motifs is 1. The number of alkyl halides is 3. The second-order valence-corrected chi connectivity index (χ2v) is 8.66. The van der Waals surface area contributed by atoms with Crippen molar-refractivity contribution in [1.82, 2.24) is 10.2 Å². The molecule has 0 radical (unpaired) electrons. The van der Waals surface area contributed by atoms with Crippen LogP contribution in [0.15, 0.2) is 35.5 Å². The second-order valence-electron chi connectivity index (χ2n) is 8.66. The van der Waals surface area contributed by atoms with Gasteiger partial charge in [0.15, 0.2) is 11.6 Å². The molecule has 2 heterocycles. The highest BCUT2D eigenvalue weighted by atomic mass is 19.4. The Bertz CT molecular complexity index is 1020. The van der Waals surface area contributed by atoms with Crippen LogP contribution in [0.4, 0.5) is 19.0 Å². The van der Waals surface area contributed by atoms with Crippen LogP contribution < -0.4 is 5.32 Å². The molecule has 148 valence electrons. The number of aromatic nitrogens is 2. The Labute approximate surface area is 161 Å². The van der Waals surface area contributed by atoms with Gasteiger partial charge in [0, 0.05) is 28.9 Å². The summed E-state index contributed by atoms with van der Waals surface area (Å²) >= 11 is 0. The number of nitrogens with one attached hydrogen (secondary N) is 2. The predicted molar refractivity (Wildman–Crippen MR) is 99.9 cm³/mol. The van der Waals surface area contributed by atoms with Crippen molar-refractivity contribution in [1.29, 1.82) is 0 Å².